The minimum atomic E-state index is -0.389. The van der Waals surface area contributed by atoms with Crippen molar-refractivity contribution in [1.29, 1.82) is 0 Å². The van der Waals surface area contributed by atoms with Crippen LogP contribution in [0.5, 0.6) is 0 Å². The Morgan fingerprint density at radius 2 is 2.10 bits per heavy atom. The van der Waals surface area contributed by atoms with Gasteiger partial charge < -0.3 is 15.0 Å². The predicted octanol–water partition coefficient (Wildman–Crippen LogP) is 3.87. The van der Waals surface area contributed by atoms with E-state index in [1.807, 2.05) is 12.1 Å². The van der Waals surface area contributed by atoms with E-state index in [1.54, 1.807) is 7.11 Å². The molecule has 1 saturated carbocycles. The van der Waals surface area contributed by atoms with Crippen molar-refractivity contribution in [3.05, 3.63) is 26.9 Å². The molecular weight excluding hydrogens is 390 g/mol. The van der Waals surface area contributed by atoms with E-state index in [0.717, 1.165) is 28.2 Å². The Balaban J connectivity index is 2.02. The molecule has 0 atom stereocenters. The number of halogens is 2. The Hall–Kier alpha value is -0.920. The predicted molar refractivity (Wildman–Crippen MR) is 82.1 cm³/mol. The Morgan fingerprint density at radius 1 is 1.35 bits per heavy atom. The summed E-state index contributed by atoms with van der Waals surface area (Å²) in [5.74, 6) is 1.000. The van der Waals surface area contributed by atoms with Crippen LogP contribution in [0.2, 0.25) is 0 Å². The number of nitrogen functional groups attached to an aromatic ring is 1. The summed E-state index contributed by atoms with van der Waals surface area (Å²) in [5, 5.41) is 4.06. The first-order valence-corrected chi connectivity index (χ1v) is 7.78. The van der Waals surface area contributed by atoms with Crippen molar-refractivity contribution in [1.82, 2.24) is 10.1 Å². The van der Waals surface area contributed by atoms with Crippen LogP contribution in [0.4, 0.5) is 5.69 Å². The molecule has 0 unspecified atom stereocenters. The van der Waals surface area contributed by atoms with Gasteiger partial charge in [-0.1, -0.05) is 21.1 Å². The number of nitrogens with zero attached hydrogens (tertiary/aromatic N) is 2. The van der Waals surface area contributed by atoms with Gasteiger partial charge in [0, 0.05) is 16.1 Å². The third-order valence-corrected chi connectivity index (χ3v) is 4.82. The summed E-state index contributed by atoms with van der Waals surface area (Å²) in [5.41, 5.74) is 6.94. The second kappa shape index (κ2) is 5.13. The summed E-state index contributed by atoms with van der Waals surface area (Å²) in [7, 11) is 1.68. The molecule has 1 fully saturated rings. The molecule has 5 nitrogen and oxygen atoms in total. The monoisotopic (exact) mass is 401 g/mol. The molecule has 1 aromatic heterocycles. The van der Waals surface area contributed by atoms with Gasteiger partial charge in [0.05, 0.1) is 11.3 Å². The van der Waals surface area contributed by atoms with E-state index in [9.17, 15) is 0 Å². The van der Waals surface area contributed by atoms with E-state index in [-0.39, 0.29) is 5.60 Å². The van der Waals surface area contributed by atoms with Crippen LogP contribution >= 0.6 is 31.9 Å². The summed E-state index contributed by atoms with van der Waals surface area (Å²) < 4.78 is 12.6. The molecule has 0 spiro atoms. The molecule has 1 heterocycles. The molecule has 20 heavy (non-hydrogen) atoms. The fourth-order valence-electron chi connectivity index (χ4n) is 2.30. The standard InChI is InChI=1S/C13H13Br2N3O2/c1-19-13(3-2-4-13)12-17-11(20-18-12)8-5-7(14)6-9(15)10(8)16/h5-6H,2-4,16H2,1H3. The van der Waals surface area contributed by atoms with E-state index < -0.39 is 0 Å². The number of anilines is 1. The molecule has 0 bridgehead atoms. The smallest absolute Gasteiger partial charge is 0.260 e. The summed E-state index contributed by atoms with van der Waals surface area (Å²) in [6.45, 7) is 0. The lowest BCUT2D eigenvalue weighted by Crippen LogP contribution is -2.37. The zero-order chi connectivity index (χ0) is 14.3. The minimum absolute atomic E-state index is 0.389. The normalized spacial score (nSPS) is 16.9. The molecule has 0 amide bonds. The van der Waals surface area contributed by atoms with Crippen LogP contribution in [0.15, 0.2) is 25.6 Å². The topological polar surface area (TPSA) is 74.2 Å². The van der Waals surface area contributed by atoms with Crippen LogP contribution in [0, 0.1) is 0 Å². The highest BCUT2D eigenvalue weighted by molar-refractivity contribution is 9.11. The maximum Gasteiger partial charge on any atom is 0.260 e. The first kappa shape index (κ1) is 14.0. The largest absolute Gasteiger partial charge is 0.397 e. The average Bonchev–Trinajstić information content (AvgIpc) is 2.83. The molecule has 7 heteroatoms. The van der Waals surface area contributed by atoms with Gasteiger partial charge in [-0.05, 0) is 47.3 Å². The summed E-state index contributed by atoms with van der Waals surface area (Å²) >= 11 is 6.84. The highest BCUT2D eigenvalue weighted by atomic mass is 79.9. The number of ether oxygens (including phenoxy) is 1. The van der Waals surface area contributed by atoms with Gasteiger partial charge in [0.25, 0.3) is 5.89 Å². The van der Waals surface area contributed by atoms with Crippen molar-refractivity contribution in [2.45, 2.75) is 24.9 Å². The average molecular weight is 403 g/mol. The van der Waals surface area contributed by atoms with E-state index in [1.165, 1.54) is 0 Å². The molecule has 1 aliphatic carbocycles. The van der Waals surface area contributed by atoms with Crippen molar-refractivity contribution in [2.75, 3.05) is 12.8 Å². The summed E-state index contributed by atoms with van der Waals surface area (Å²) in [6, 6.07) is 3.73. The van der Waals surface area contributed by atoms with Gasteiger partial charge in [-0.15, -0.1) is 0 Å². The first-order valence-electron chi connectivity index (χ1n) is 6.20. The van der Waals surface area contributed by atoms with Crippen LogP contribution in [0.3, 0.4) is 0 Å². The minimum Gasteiger partial charge on any atom is -0.397 e. The zero-order valence-electron chi connectivity index (χ0n) is 10.8. The number of aromatic nitrogens is 2. The van der Waals surface area contributed by atoms with Gasteiger partial charge in [-0.25, -0.2) is 0 Å². The number of rotatable bonds is 3. The van der Waals surface area contributed by atoms with Crippen LogP contribution in [0.1, 0.15) is 25.1 Å². The number of methoxy groups -OCH3 is 1. The molecule has 3 rings (SSSR count). The highest BCUT2D eigenvalue weighted by Crippen LogP contribution is 2.44. The lowest BCUT2D eigenvalue weighted by atomic mass is 9.79. The fourth-order valence-corrected chi connectivity index (χ4v) is 3.52. The summed E-state index contributed by atoms with van der Waals surface area (Å²) in [6.07, 6.45) is 2.95. The number of hydrogen-bond acceptors (Lipinski definition) is 5. The molecule has 106 valence electrons. The molecule has 1 aliphatic rings. The van der Waals surface area contributed by atoms with E-state index in [4.69, 9.17) is 15.0 Å². The second-order valence-corrected chi connectivity index (χ2v) is 6.59. The molecular formula is C13H13Br2N3O2. The van der Waals surface area contributed by atoms with Crippen molar-refractivity contribution in [2.24, 2.45) is 0 Å². The van der Waals surface area contributed by atoms with Gasteiger partial charge in [-0.3, -0.25) is 0 Å². The van der Waals surface area contributed by atoms with Crippen LogP contribution in [0.25, 0.3) is 11.5 Å². The van der Waals surface area contributed by atoms with Crippen LogP contribution < -0.4 is 5.73 Å². The van der Waals surface area contributed by atoms with E-state index in [0.29, 0.717) is 23.0 Å². The molecule has 0 aliphatic heterocycles. The van der Waals surface area contributed by atoms with Crippen LogP contribution in [-0.2, 0) is 10.3 Å². The zero-order valence-corrected chi connectivity index (χ0v) is 14.0. The third-order valence-electron chi connectivity index (χ3n) is 3.71. The number of hydrogen-bond donors (Lipinski definition) is 1. The molecule has 1 aromatic carbocycles. The lowest BCUT2D eigenvalue weighted by molar-refractivity contribution is -0.0858. The van der Waals surface area contributed by atoms with Crippen molar-refractivity contribution < 1.29 is 9.26 Å². The maximum absolute atomic E-state index is 6.05. The number of nitrogens with two attached hydrogens (primary N) is 1. The van der Waals surface area contributed by atoms with Crippen molar-refractivity contribution in [3.63, 3.8) is 0 Å². The van der Waals surface area contributed by atoms with Crippen LogP contribution in [-0.4, -0.2) is 17.3 Å². The SMILES string of the molecule is COC1(c2noc(-c3cc(Br)cc(Br)c3N)n2)CCC1. The van der Waals surface area contributed by atoms with Gasteiger partial charge in [0.1, 0.15) is 5.60 Å². The van der Waals surface area contributed by atoms with E-state index in [2.05, 4.69) is 42.0 Å². The Labute approximate surface area is 133 Å². The van der Waals surface area contributed by atoms with Crippen molar-refractivity contribution >= 4 is 37.5 Å². The second-order valence-electron chi connectivity index (χ2n) is 4.82. The van der Waals surface area contributed by atoms with Gasteiger partial charge in [0.15, 0.2) is 0 Å². The van der Waals surface area contributed by atoms with Gasteiger partial charge in [-0.2, -0.15) is 4.98 Å². The summed E-state index contributed by atoms with van der Waals surface area (Å²) in [4.78, 5) is 4.46. The van der Waals surface area contributed by atoms with E-state index >= 15 is 0 Å². The van der Waals surface area contributed by atoms with Gasteiger partial charge >= 0.3 is 0 Å². The molecule has 0 saturated heterocycles. The molecule has 2 N–H and O–H groups in total. The maximum atomic E-state index is 6.05. The first-order chi connectivity index (χ1) is 9.55. The highest BCUT2D eigenvalue weighted by Gasteiger charge is 2.43. The fraction of sp³-hybridized carbons (Fsp3) is 0.385. The quantitative estimate of drug-likeness (QED) is 0.788. The lowest BCUT2D eigenvalue weighted by Gasteiger charge is -2.37. The molecule has 2 aromatic rings. The number of benzene rings is 1. The van der Waals surface area contributed by atoms with Gasteiger partial charge in [0.2, 0.25) is 5.82 Å². The Kier molecular flexibility index (Phi) is 3.60. The third kappa shape index (κ3) is 2.17. The molecule has 0 radical (unpaired) electrons. The Bertz CT molecular complexity index is 648. The van der Waals surface area contributed by atoms with Crippen molar-refractivity contribution in [3.8, 4) is 11.5 Å². The Morgan fingerprint density at radius 3 is 2.70 bits per heavy atom.